The molecule has 5 heteroatoms. The van der Waals surface area contributed by atoms with Gasteiger partial charge in [-0.3, -0.25) is 4.79 Å². The van der Waals surface area contributed by atoms with Gasteiger partial charge >= 0.3 is 0 Å². The molecule has 1 aromatic heterocycles. The highest BCUT2D eigenvalue weighted by Crippen LogP contribution is 2.11. The highest BCUT2D eigenvalue weighted by atomic mass is 16.1. The third kappa shape index (κ3) is 5.36. The molecule has 1 aromatic carbocycles. The van der Waals surface area contributed by atoms with Gasteiger partial charge in [-0.1, -0.05) is 38.8 Å². The van der Waals surface area contributed by atoms with Crippen molar-refractivity contribution in [1.82, 2.24) is 10.2 Å². The fourth-order valence-corrected chi connectivity index (χ4v) is 2.16. The summed E-state index contributed by atoms with van der Waals surface area (Å²) < 4.78 is 0. The molecular weight excluding hydrogens is 288 g/mol. The summed E-state index contributed by atoms with van der Waals surface area (Å²) in [5.74, 6) is 0.448. The molecule has 1 amide bonds. The Hall–Kier alpha value is -2.43. The number of carbonyl (C=O) groups is 1. The minimum Gasteiger partial charge on any atom is -0.369 e. The second kappa shape index (κ2) is 8.88. The maximum Gasteiger partial charge on any atom is 0.276 e. The maximum absolute atomic E-state index is 12.1. The maximum atomic E-state index is 12.1. The summed E-state index contributed by atoms with van der Waals surface area (Å²) in [4.78, 5) is 12.1. The molecule has 1 heterocycles. The van der Waals surface area contributed by atoms with Crippen LogP contribution in [0.15, 0.2) is 36.4 Å². The molecule has 0 saturated heterocycles. The van der Waals surface area contributed by atoms with E-state index < -0.39 is 0 Å². The molecule has 0 fully saturated rings. The topological polar surface area (TPSA) is 66.9 Å². The van der Waals surface area contributed by atoms with Crippen molar-refractivity contribution < 1.29 is 4.79 Å². The third-order valence-corrected chi connectivity index (χ3v) is 3.60. The number of nitrogens with zero attached hydrogens (tertiary/aromatic N) is 2. The predicted octanol–water partition coefficient (Wildman–Crippen LogP) is 3.89. The first-order valence-electron chi connectivity index (χ1n) is 8.20. The summed E-state index contributed by atoms with van der Waals surface area (Å²) in [5.41, 5.74) is 2.31. The van der Waals surface area contributed by atoms with Gasteiger partial charge in [0.05, 0.1) is 0 Å². The van der Waals surface area contributed by atoms with E-state index in [1.807, 2.05) is 24.3 Å². The lowest BCUT2D eigenvalue weighted by atomic mass is 10.1. The number of rotatable bonds is 8. The summed E-state index contributed by atoms with van der Waals surface area (Å²) in [5, 5.41) is 14.1. The number of amides is 1. The Kier molecular flexibility index (Phi) is 6.54. The van der Waals surface area contributed by atoms with Crippen LogP contribution in [0.2, 0.25) is 0 Å². The Morgan fingerprint density at radius 3 is 2.39 bits per heavy atom. The van der Waals surface area contributed by atoms with E-state index >= 15 is 0 Å². The van der Waals surface area contributed by atoms with Gasteiger partial charge in [-0.15, -0.1) is 10.2 Å². The lowest BCUT2D eigenvalue weighted by Gasteiger charge is -2.07. The van der Waals surface area contributed by atoms with E-state index in [0.29, 0.717) is 11.5 Å². The first-order valence-corrected chi connectivity index (χ1v) is 8.20. The van der Waals surface area contributed by atoms with Crippen LogP contribution in [0.3, 0.4) is 0 Å². The molecule has 5 nitrogen and oxygen atoms in total. The average Bonchev–Trinajstić information content (AvgIpc) is 2.60. The highest BCUT2D eigenvalue weighted by molar-refractivity contribution is 6.02. The van der Waals surface area contributed by atoms with Crippen LogP contribution < -0.4 is 10.6 Å². The Labute approximate surface area is 137 Å². The number of hydrogen-bond acceptors (Lipinski definition) is 4. The van der Waals surface area contributed by atoms with Crippen LogP contribution in [0.25, 0.3) is 0 Å². The van der Waals surface area contributed by atoms with E-state index in [1.54, 1.807) is 12.1 Å². The van der Waals surface area contributed by atoms with Gasteiger partial charge in [0, 0.05) is 12.2 Å². The Balaban J connectivity index is 1.88. The standard InChI is InChI=1S/C18H24N4O/c1-3-5-6-13-19-17-12-11-16(21-22-17)18(23)20-15-9-7-14(4-2)8-10-15/h7-12H,3-6,13H2,1-2H3,(H,19,22)(H,20,23). The largest absolute Gasteiger partial charge is 0.369 e. The SMILES string of the molecule is CCCCCNc1ccc(C(=O)Nc2ccc(CC)cc2)nn1. The third-order valence-electron chi connectivity index (χ3n) is 3.60. The molecular formula is C18H24N4O. The van der Waals surface area contributed by atoms with E-state index in [1.165, 1.54) is 18.4 Å². The predicted molar refractivity (Wildman–Crippen MR) is 93.8 cm³/mol. The molecule has 0 atom stereocenters. The lowest BCUT2D eigenvalue weighted by molar-refractivity contribution is 0.102. The van der Waals surface area contributed by atoms with Gasteiger partial charge in [0.15, 0.2) is 5.69 Å². The van der Waals surface area contributed by atoms with Crippen molar-refractivity contribution in [1.29, 1.82) is 0 Å². The van der Waals surface area contributed by atoms with Gasteiger partial charge in [-0.2, -0.15) is 0 Å². The minimum atomic E-state index is -0.251. The highest BCUT2D eigenvalue weighted by Gasteiger charge is 2.08. The molecule has 0 aliphatic carbocycles. The Bertz CT molecular complexity index is 608. The van der Waals surface area contributed by atoms with Crippen LogP contribution in [0.1, 0.15) is 49.2 Å². The molecule has 0 radical (unpaired) electrons. The van der Waals surface area contributed by atoms with Crippen molar-refractivity contribution >= 4 is 17.4 Å². The summed E-state index contributed by atoms with van der Waals surface area (Å²) in [6.07, 6.45) is 4.46. The van der Waals surface area contributed by atoms with E-state index in [4.69, 9.17) is 0 Å². The normalized spacial score (nSPS) is 10.3. The quantitative estimate of drug-likeness (QED) is 0.726. The van der Waals surface area contributed by atoms with Crippen LogP contribution in [-0.4, -0.2) is 22.6 Å². The first-order chi connectivity index (χ1) is 11.2. The molecule has 2 aromatic rings. The van der Waals surface area contributed by atoms with Crippen molar-refractivity contribution in [2.45, 2.75) is 39.5 Å². The zero-order valence-corrected chi connectivity index (χ0v) is 13.8. The number of carbonyl (C=O) groups excluding carboxylic acids is 1. The van der Waals surface area contributed by atoms with Gasteiger partial charge in [-0.25, -0.2) is 0 Å². The summed E-state index contributed by atoms with van der Waals surface area (Å²) in [7, 11) is 0. The van der Waals surface area contributed by atoms with E-state index in [2.05, 4.69) is 34.7 Å². The fraction of sp³-hybridized carbons (Fsp3) is 0.389. The van der Waals surface area contributed by atoms with Gasteiger partial charge in [0.1, 0.15) is 5.82 Å². The average molecular weight is 312 g/mol. The fourth-order valence-electron chi connectivity index (χ4n) is 2.16. The summed E-state index contributed by atoms with van der Waals surface area (Å²) >= 11 is 0. The molecule has 122 valence electrons. The second-order valence-electron chi connectivity index (χ2n) is 5.44. The summed E-state index contributed by atoms with van der Waals surface area (Å²) in [6, 6.07) is 11.3. The number of nitrogens with one attached hydrogen (secondary N) is 2. The zero-order valence-electron chi connectivity index (χ0n) is 13.8. The molecule has 0 spiro atoms. The second-order valence-corrected chi connectivity index (χ2v) is 5.44. The van der Waals surface area contributed by atoms with E-state index in [-0.39, 0.29) is 5.91 Å². The smallest absolute Gasteiger partial charge is 0.276 e. The lowest BCUT2D eigenvalue weighted by Crippen LogP contribution is -2.15. The molecule has 2 rings (SSSR count). The number of hydrogen-bond donors (Lipinski definition) is 2. The van der Waals surface area contributed by atoms with Gasteiger partial charge in [-0.05, 0) is 42.7 Å². The van der Waals surface area contributed by atoms with Crippen molar-refractivity contribution in [2.75, 3.05) is 17.2 Å². The van der Waals surface area contributed by atoms with Crippen LogP contribution >= 0.6 is 0 Å². The minimum absolute atomic E-state index is 0.251. The van der Waals surface area contributed by atoms with Crippen molar-refractivity contribution in [3.63, 3.8) is 0 Å². The monoisotopic (exact) mass is 312 g/mol. The summed E-state index contributed by atoms with van der Waals surface area (Å²) in [6.45, 7) is 5.14. The Morgan fingerprint density at radius 2 is 1.78 bits per heavy atom. The van der Waals surface area contributed by atoms with Crippen LogP contribution in [0.4, 0.5) is 11.5 Å². The number of benzene rings is 1. The molecule has 0 saturated carbocycles. The van der Waals surface area contributed by atoms with Crippen LogP contribution in [-0.2, 0) is 6.42 Å². The van der Waals surface area contributed by atoms with Crippen LogP contribution in [0, 0.1) is 0 Å². The first kappa shape index (κ1) is 16.9. The number of aromatic nitrogens is 2. The van der Waals surface area contributed by atoms with Gasteiger partial charge in [0.25, 0.3) is 5.91 Å². The number of unbranched alkanes of at least 4 members (excludes halogenated alkanes) is 2. The van der Waals surface area contributed by atoms with Crippen LogP contribution in [0.5, 0.6) is 0 Å². The van der Waals surface area contributed by atoms with Crippen molar-refractivity contribution in [3.8, 4) is 0 Å². The van der Waals surface area contributed by atoms with Crippen molar-refractivity contribution in [2.24, 2.45) is 0 Å². The molecule has 0 aliphatic rings. The van der Waals surface area contributed by atoms with Gasteiger partial charge in [0.2, 0.25) is 0 Å². The molecule has 2 N–H and O–H groups in total. The Morgan fingerprint density at radius 1 is 1.00 bits per heavy atom. The molecule has 0 aliphatic heterocycles. The number of anilines is 2. The van der Waals surface area contributed by atoms with Crippen molar-refractivity contribution in [3.05, 3.63) is 47.7 Å². The number of aryl methyl sites for hydroxylation is 1. The van der Waals surface area contributed by atoms with E-state index in [0.717, 1.165) is 25.1 Å². The molecule has 0 bridgehead atoms. The van der Waals surface area contributed by atoms with E-state index in [9.17, 15) is 4.79 Å². The van der Waals surface area contributed by atoms with Gasteiger partial charge < -0.3 is 10.6 Å². The molecule has 0 unspecified atom stereocenters. The molecule has 23 heavy (non-hydrogen) atoms. The zero-order chi connectivity index (χ0) is 16.5.